The van der Waals surface area contributed by atoms with Crippen molar-refractivity contribution in [3.63, 3.8) is 0 Å². The van der Waals surface area contributed by atoms with Gasteiger partial charge in [0, 0.05) is 38.9 Å². The average Bonchev–Trinajstić information content (AvgIpc) is 3.11. The Hall–Kier alpha value is -0.990. The topological polar surface area (TPSA) is 66.4 Å². The Balaban J connectivity index is 1.39. The number of halogens is 1. The van der Waals surface area contributed by atoms with E-state index in [1.807, 2.05) is 30.3 Å². The SMILES string of the molecule is C=C[C@H]1O[C@@]2(CC[C@H](C)C3(C[C@H](O)[C@H](CCOCc4ccccc4)O3)O2)C[C@@H](OC)[C@@H]1Cl. The molecule has 1 N–H and O–H groups in total. The molecule has 7 heteroatoms. The molecule has 0 amide bonds. The molecule has 2 spiro atoms. The van der Waals surface area contributed by atoms with Crippen molar-refractivity contribution in [3.8, 4) is 0 Å². The van der Waals surface area contributed by atoms with Gasteiger partial charge in [-0.2, -0.15) is 0 Å². The zero-order valence-electron chi connectivity index (χ0n) is 19.0. The minimum Gasteiger partial charge on any atom is -0.390 e. The first-order chi connectivity index (χ1) is 15.4. The van der Waals surface area contributed by atoms with E-state index in [1.165, 1.54) is 0 Å². The van der Waals surface area contributed by atoms with Crippen LogP contribution in [0.1, 0.15) is 44.6 Å². The third-order valence-corrected chi connectivity index (χ3v) is 7.60. The molecule has 8 atom stereocenters. The van der Waals surface area contributed by atoms with E-state index >= 15 is 0 Å². The zero-order chi connectivity index (χ0) is 22.8. The summed E-state index contributed by atoms with van der Waals surface area (Å²) >= 11 is 6.53. The second kappa shape index (κ2) is 10.1. The third-order valence-electron chi connectivity index (χ3n) is 7.07. The molecule has 3 aliphatic rings. The maximum Gasteiger partial charge on any atom is 0.177 e. The maximum atomic E-state index is 10.8. The molecule has 1 unspecified atom stereocenters. The van der Waals surface area contributed by atoms with Gasteiger partial charge in [-0.25, -0.2) is 0 Å². The normalized spacial score (nSPS) is 41.9. The van der Waals surface area contributed by atoms with Crippen molar-refractivity contribution in [1.82, 2.24) is 0 Å². The van der Waals surface area contributed by atoms with Crippen LogP contribution in [0.15, 0.2) is 43.0 Å². The van der Waals surface area contributed by atoms with Crippen LogP contribution >= 0.6 is 11.6 Å². The molecule has 0 aliphatic carbocycles. The number of aliphatic hydroxyl groups excluding tert-OH is 1. The summed E-state index contributed by atoms with van der Waals surface area (Å²) in [5.74, 6) is -1.64. The number of alkyl halides is 1. The summed E-state index contributed by atoms with van der Waals surface area (Å²) in [5, 5.41) is 10.5. The number of benzene rings is 1. The van der Waals surface area contributed by atoms with E-state index in [-0.39, 0.29) is 29.6 Å². The van der Waals surface area contributed by atoms with Crippen molar-refractivity contribution in [3.05, 3.63) is 48.6 Å². The van der Waals surface area contributed by atoms with Gasteiger partial charge in [-0.1, -0.05) is 43.3 Å². The first-order valence-corrected chi connectivity index (χ1v) is 12.0. The van der Waals surface area contributed by atoms with E-state index in [1.54, 1.807) is 13.2 Å². The number of rotatable bonds is 7. The summed E-state index contributed by atoms with van der Waals surface area (Å²) in [6.07, 6.45) is 3.23. The summed E-state index contributed by atoms with van der Waals surface area (Å²) in [5.41, 5.74) is 1.12. The second-order valence-electron chi connectivity index (χ2n) is 9.26. The van der Waals surface area contributed by atoms with Crippen LogP contribution in [0.4, 0.5) is 0 Å². The van der Waals surface area contributed by atoms with Gasteiger partial charge in [-0.15, -0.1) is 18.2 Å². The monoisotopic (exact) mass is 466 g/mol. The minimum absolute atomic E-state index is 0.124. The summed E-state index contributed by atoms with van der Waals surface area (Å²) in [4.78, 5) is 0. The molecule has 0 aromatic heterocycles. The summed E-state index contributed by atoms with van der Waals surface area (Å²) in [6, 6.07) is 10.0. The van der Waals surface area contributed by atoms with Gasteiger partial charge in [0.15, 0.2) is 11.6 Å². The lowest BCUT2D eigenvalue weighted by atomic mass is 9.83. The maximum absolute atomic E-state index is 10.8. The fourth-order valence-electron chi connectivity index (χ4n) is 5.14. The van der Waals surface area contributed by atoms with Crippen LogP contribution in [-0.2, 0) is 30.3 Å². The van der Waals surface area contributed by atoms with Crippen molar-refractivity contribution >= 4 is 11.6 Å². The lowest BCUT2D eigenvalue weighted by Crippen LogP contribution is -2.61. The Kier molecular flexibility index (Phi) is 7.62. The van der Waals surface area contributed by atoms with Crippen LogP contribution in [0.5, 0.6) is 0 Å². The van der Waals surface area contributed by atoms with Gasteiger partial charge < -0.3 is 28.8 Å². The number of hydrogen-bond acceptors (Lipinski definition) is 6. The molecule has 1 aromatic rings. The van der Waals surface area contributed by atoms with E-state index in [2.05, 4.69) is 13.5 Å². The molecule has 0 radical (unpaired) electrons. The fourth-order valence-corrected chi connectivity index (χ4v) is 5.48. The minimum atomic E-state index is -0.898. The molecule has 0 saturated carbocycles. The summed E-state index contributed by atoms with van der Waals surface area (Å²) in [6.45, 7) is 7.02. The number of methoxy groups -OCH3 is 1. The van der Waals surface area contributed by atoms with Crippen LogP contribution in [0.3, 0.4) is 0 Å². The highest BCUT2D eigenvalue weighted by molar-refractivity contribution is 6.21. The van der Waals surface area contributed by atoms with E-state index in [0.29, 0.717) is 38.9 Å². The largest absolute Gasteiger partial charge is 0.390 e. The van der Waals surface area contributed by atoms with Crippen LogP contribution in [0, 0.1) is 5.92 Å². The van der Waals surface area contributed by atoms with Crippen molar-refractivity contribution < 1.29 is 28.8 Å². The molecule has 3 aliphatic heterocycles. The quantitative estimate of drug-likeness (QED) is 0.369. The fraction of sp³-hybridized carbons (Fsp3) is 0.680. The van der Waals surface area contributed by atoms with Crippen LogP contribution in [0.2, 0.25) is 0 Å². The van der Waals surface area contributed by atoms with Gasteiger partial charge in [0.05, 0.1) is 36.4 Å². The van der Waals surface area contributed by atoms with Crippen LogP contribution < -0.4 is 0 Å². The molecule has 6 nitrogen and oxygen atoms in total. The molecule has 3 heterocycles. The molecule has 0 bridgehead atoms. The molecular weight excluding hydrogens is 432 g/mol. The van der Waals surface area contributed by atoms with E-state index in [9.17, 15) is 5.11 Å². The van der Waals surface area contributed by atoms with Gasteiger partial charge in [0.25, 0.3) is 0 Å². The highest BCUT2D eigenvalue weighted by Gasteiger charge is 2.60. The van der Waals surface area contributed by atoms with Gasteiger partial charge in [0.1, 0.15) is 0 Å². The smallest absolute Gasteiger partial charge is 0.177 e. The van der Waals surface area contributed by atoms with E-state index in [0.717, 1.165) is 12.0 Å². The molecule has 1 aromatic carbocycles. The summed E-state index contributed by atoms with van der Waals surface area (Å²) < 4.78 is 30.8. The first kappa shape index (κ1) is 24.1. The molecule has 178 valence electrons. The highest BCUT2D eigenvalue weighted by Crippen LogP contribution is 2.52. The van der Waals surface area contributed by atoms with Gasteiger partial charge in [-0.3, -0.25) is 0 Å². The molecular formula is C25H35ClO6. The van der Waals surface area contributed by atoms with Gasteiger partial charge in [-0.05, 0) is 18.4 Å². The van der Waals surface area contributed by atoms with Crippen molar-refractivity contribution in [2.45, 2.75) is 87.0 Å². The molecule has 4 rings (SSSR count). The van der Waals surface area contributed by atoms with Gasteiger partial charge in [0.2, 0.25) is 0 Å². The lowest BCUT2D eigenvalue weighted by molar-refractivity contribution is -0.410. The molecule has 3 fully saturated rings. The average molecular weight is 467 g/mol. The summed E-state index contributed by atoms with van der Waals surface area (Å²) in [7, 11) is 1.65. The Morgan fingerprint density at radius 2 is 2.03 bits per heavy atom. The number of ether oxygens (including phenoxy) is 5. The Labute approximate surface area is 195 Å². The van der Waals surface area contributed by atoms with Crippen LogP contribution in [0.25, 0.3) is 0 Å². The predicted molar refractivity (Wildman–Crippen MR) is 121 cm³/mol. The Bertz CT molecular complexity index is 762. The standard InChI is InChI=1S/C25H35ClO6/c1-4-20-23(26)22(28-3)15-24(30-20)12-10-17(2)25(32-24)14-19(27)21(31-25)11-13-29-16-18-8-6-5-7-9-18/h4-9,17,19-23,27H,1,10-16H2,2-3H3/t17-,19-,20+,21-,22+,23+,24+,25?/m0/s1. The Morgan fingerprint density at radius 1 is 1.25 bits per heavy atom. The highest BCUT2D eigenvalue weighted by atomic mass is 35.5. The predicted octanol–water partition coefficient (Wildman–Crippen LogP) is 4.18. The van der Waals surface area contributed by atoms with Gasteiger partial charge >= 0.3 is 0 Å². The number of hydrogen-bond donors (Lipinski definition) is 1. The lowest BCUT2D eigenvalue weighted by Gasteiger charge is -2.53. The van der Waals surface area contributed by atoms with E-state index in [4.69, 9.17) is 35.3 Å². The third kappa shape index (κ3) is 4.92. The van der Waals surface area contributed by atoms with Crippen molar-refractivity contribution in [2.75, 3.05) is 13.7 Å². The van der Waals surface area contributed by atoms with Crippen molar-refractivity contribution in [2.24, 2.45) is 5.92 Å². The zero-order valence-corrected chi connectivity index (χ0v) is 19.7. The first-order valence-electron chi connectivity index (χ1n) is 11.6. The number of aliphatic hydroxyl groups is 1. The Morgan fingerprint density at radius 3 is 2.75 bits per heavy atom. The van der Waals surface area contributed by atoms with Crippen molar-refractivity contribution in [1.29, 1.82) is 0 Å². The van der Waals surface area contributed by atoms with Crippen LogP contribution in [-0.4, -0.2) is 60.2 Å². The molecule has 32 heavy (non-hydrogen) atoms. The van der Waals surface area contributed by atoms with E-state index < -0.39 is 17.7 Å². The molecule has 3 saturated heterocycles. The second-order valence-corrected chi connectivity index (χ2v) is 9.76.